The molecule has 2 fully saturated rings. The molecule has 1 N–H and O–H groups in total. The average molecular weight is 241 g/mol. The Morgan fingerprint density at radius 3 is 2.65 bits per heavy atom. The molecule has 1 amide bonds. The van der Waals surface area contributed by atoms with Crippen LogP contribution in [0.1, 0.15) is 40.5 Å². The first-order chi connectivity index (χ1) is 7.70. The van der Waals surface area contributed by atoms with Crippen LogP contribution in [-0.2, 0) is 4.74 Å². The van der Waals surface area contributed by atoms with Crippen molar-refractivity contribution in [1.29, 1.82) is 0 Å². The second-order valence-electron chi connectivity index (χ2n) is 6.81. The molecule has 2 rings (SSSR count). The smallest absolute Gasteiger partial charge is 0.410 e. The SMILES string of the molecule is CC(C)(C)OC(=O)N1CC2CC(O)CC2(C)C1. The largest absolute Gasteiger partial charge is 0.444 e. The number of nitrogens with zero attached hydrogens (tertiary/aromatic N) is 1. The molecule has 2 aliphatic rings. The molecule has 4 heteroatoms. The Hall–Kier alpha value is -0.770. The first-order valence-corrected chi connectivity index (χ1v) is 6.36. The quantitative estimate of drug-likeness (QED) is 0.706. The number of likely N-dealkylation sites (tertiary alicyclic amines) is 1. The molecule has 1 aliphatic heterocycles. The van der Waals surface area contributed by atoms with Crippen LogP contribution in [-0.4, -0.2) is 40.9 Å². The van der Waals surface area contributed by atoms with Crippen LogP contribution >= 0.6 is 0 Å². The predicted molar refractivity (Wildman–Crippen MR) is 64.6 cm³/mol. The van der Waals surface area contributed by atoms with E-state index in [4.69, 9.17) is 4.74 Å². The molecule has 4 nitrogen and oxygen atoms in total. The van der Waals surface area contributed by atoms with Crippen LogP contribution in [0.25, 0.3) is 0 Å². The Labute approximate surface area is 103 Å². The molecule has 0 radical (unpaired) electrons. The molecule has 3 unspecified atom stereocenters. The number of hydrogen-bond acceptors (Lipinski definition) is 3. The van der Waals surface area contributed by atoms with Crippen LogP contribution in [0.5, 0.6) is 0 Å². The summed E-state index contributed by atoms with van der Waals surface area (Å²) in [5.41, 5.74) is -0.356. The minimum atomic E-state index is -0.435. The summed E-state index contributed by atoms with van der Waals surface area (Å²) in [7, 11) is 0. The summed E-state index contributed by atoms with van der Waals surface area (Å²) in [5, 5.41) is 9.68. The van der Waals surface area contributed by atoms with E-state index < -0.39 is 5.60 Å². The lowest BCUT2D eigenvalue weighted by atomic mass is 9.83. The fourth-order valence-electron chi connectivity index (χ4n) is 3.12. The highest BCUT2D eigenvalue weighted by Crippen LogP contribution is 2.48. The highest BCUT2D eigenvalue weighted by Gasteiger charge is 2.51. The van der Waals surface area contributed by atoms with Crippen LogP contribution in [0.2, 0.25) is 0 Å². The van der Waals surface area contributed by atoms with Gasteiger partial charge in [0.05, 0.1) is 6.10 Å². The van der Waals surface area contributed by atoms with Gasteiger partial charge in [-0.1, -0.05) is 6.92 Å². The van der Waals surface area contributed by atoms with Gasteiger partial charge >= 0.3 is 6.09 Å². The zero-order chi connectivity index (χ0) is 12.8. The molecule has 0 aromatic rings. The number of fused-ring (bicyclic) bond motifs is 1. The molecule has 1 aliphatic carbocycles. The normalized spacial score (nSPS) is 37.1. The summed E-state index contributed by atoms with van der Waals surface area (Å²) in [5.74, 6) is 0.421. The van der Waals surface area contributed by atoms with Crippen molar-refractivity contribution in [1.82, 2.24) is 4.90 Å². The number of amides is 1. The molecule has 0 bridgehead atoms. The number of carbonyl (C=O) groups excluding carboxylic acids is 1. The van der Waals surface area contributed by atoms with Gasteiger partial charge < -0.3 is 14.7 Å². The molecule has 1 saturated heterocycles. The molecule has 0 aromatic heterocycles. The van der Waals surface area contributed by atoms with E-state index in [9.17, 15) is 9.90 Å². The summed E-state index contributed by atoms with van der Waals surface area (Å²) in [6, 6.07) is 0. The first kappa shape index (κ1) is 12.7. The van der Waals surface area contributed by atoms with Gasteiger partial charge in [-0.3, -0.25) is 0 Å². The molecule has 0 aromatic carbocycles. The zero-order valence-corrected chi connectivity index (χ0v) is 11.2. The third kappa shape index (κ3) is 2.57. The van der Waals surface area contributed by atoms with E-state index in [0.29, 0.717) is 12.5 Å². The average Bonchev–Trinajstić information content (AvgIpc) is 2.51. The van der Waals surface area contributed by atoms with Crippen molar-refractivity contribution in [2.24, 2.45) is 11.3 Å². The van der Waals surface area contributed by atoms with Crippen molar-refractivity contribution in [3.63, 3.8) is 0 Å². The highest BCUT2D eigenvalue weighted by molar-refractivity contribution is 5.68. The van der Waals surface area contributed by atoms with E-state index in [1.807, 2.05) is 20.8 Å². The fraction of sp³-hybridized carbons (Fsp3) is 0.923. The van der Waals surface area contributed by atoms with Crippen molar-refractivity contribution >= 4 is 6.09 Å². The van der Waals surface area contributed by atoms with E-state index in [0.717, 1.165) is 19.4 Å². The molecule has 98 valence electrons. The Balaban J connectivity index is 1.98. The van der Waals surface area contributed by atoms with E-state index >= 15 is 0 Å². The number of aliphatic hydroxyl groups is 1. The number of ether oxygens (including phenoxy) is 1. The first-order valence-electron chi connectivity index (χ1n) is 6.36. The lowest BCUT2D eigenvalue weighted by Crippen LogP contribution is -2.37. The molecule has 17 heavy (non-hydrogen) atoms. The molecule has 1 saturated carbocycles. The van der Waals surface area contributed by atoms with Gasteiger partial charge in [-0.15, -0.1) is 0 Å². The van der Waals surface area contributed by atoms with Crippen LogP contribution in [0.15, 0.2) is 0 Å². The Kier molecular flexibility index (Phi) is 2.89. The van der Waals surface area contributed by atoms with Gasteiger partial charge in [0.1, 0.15) is 5.60 Å². The number of carbonyl (C=O) groups is 1. The maximum Gasteiger partial charge on any atom is 0.410 e. The van der Waals surface area contributed by atoms with Crippen molar-refractivity contribution in [2.45, 2.75) is 52.2 Å². The van der Waals surface area contributed by atoms with E-state index in [-0.39, 0.29) is 17.6 Å². The second-order valence-corrected chi connectivity index (χ2v) is 6.81. The lowest BCUT2D eigenvalue weighted by Gasteiger charge is -2.26. The van der Waals surface area contributed by atoms with Gasteiger partial charge in [0.25, 0.3) is 0 Å². The minimum absolute atomic E-state index is 0.0797. The number of aliphatic hydroxyl groups excluding tert-OH is 1. The molecule has 3 atom stereocenters. The molecular formula is C13H23NO3. The Bertz CT molecular complexity index is 323. The topological polar surface area (TPSA) is 49.8 Å². The third-order valence-electron chi connectivity index (χ3n) is 3.89. The summed E-state index contributed by atoms with van der Waals surface area (Å²) in [4.78, 5) is 13.8. The monoisotopic (exact) mass is 241 g/mol. The summed E-state index contributed by atoms with van der Waals surface area (Å²) in [6.07, 6.45) is 1.21. The van der Waals surface area contributed by atoms with Crippen LogP contribution in [0.4, 0.5) is 4.79 Å². The van der Waals surface area contributed by atoms with Gasteiger partial charge in [0, 0.05) is 13.1 Å². The zero-order valence-electron chi connectivity index (χ0n) is 11.2. The van der Waals surface area contributed by atoms with Crippen molar-refractivity contribution in [3.8, 4) is 0 Å². The second kappa shape index (κ2) is 3.87. The summed E-state index contributed by atoms with van der Waals surface area (Å²) >= 11 is 0. The van der Waals surface area contributed by atoms with Gasteiger partial charge in [-0.2, -0.15) is 0 Å². The summed E-state index contributed by atoms with van der Waals surface area (Å²) in [6.45, 7) is 9.25. The van der Waals surface area contributed by atoms with Gasteiger partial charge in [0.15, 0.2) is 0 Å². The van der Waals surface area contributed by atoms with E-state index in [1.165, 1.54) is 0 Å². The third-order valence-corrected chi connectivity index (χ3v) is 3.89. The van der Waals surface area contributed by atoms with Crippen molar-refractivity contribution in [3.05, 3.63) is 0 Å². The predicted octanol–water partition coefficient (Wildman–Crippen LogP) is 2.01. The van der Waals surface area contributed by atoms with Gasteiger partial charge in [0.2, 0.25) is 0 Å². The van der Waals surface area contributed by atoms with Crippen LogP contribution < -0.4 is 0 Å². The molecule has 1 heterocycles. The molecular weight excluding hydrogens is 218 g/mol. The maximum absolute atomic E-state index is 12.0. The fourth-order valence-corrected chi connectivity index (χ4v) is 3.12. The van der Waals surface area contributed by atoms with E-state index in [1.54, 1.807) is 4.90 Å². The Morgan fingerprint density at radius 1 is 1.47 bits per heavy atom. The van der Waals surface area contributed by atoms with Crippen LogP contribution in [0.3, 0.4) is 0 Å². The Morgan fingerprint density at radius 2 is 2.12 bits per heavy atom. The highest BCUT2D eigenvalue weighted by atomic mass is 16.6. The van der Waals surface area contributed by atoms with Crippen LogP contribution in [0, 0.1) is 11.3 Å². The van der Waals surface area contributed by atoms with Gasteiger partial charge in [-0.05, 0) is 44.9 Å². The van der Waals surface area contributed by atoms with E-state index in [2.05, 4.69) is 6.92 Å². The number of hydrogen-bond donors (Lipinski definition) is 1. The number of rotatable bonds is 0. The molecule has 0 spiro atoms. The van der Waals surface area contributed by atoms with Gasteiger partial charge in [-0.25, -0.2) is 4.79 Å². The standard InChI is InChI=1S/C13H23NO3/c1-12(2,3)17-11(16)14-7-9-5-10(15)6-13(9,4)8-14/h9-10,15H,5-8H2,1-4H3. The lowest BCUT2D eigenvalue weighted by molar-refractivity contribution is 0.0255. The maximum atomic E-state index is 12.0. The van der Waals surface area contributed by atoms with Crippen molar-refractivity contribution in [2.75, 3.05) is 13.1 Å². The summed E-state index contributed by atoms with van der Waals surface area (Å²) < 4.78 is 5.38. The minimum Gasteiger partial charge on any atom is -0.444 e. The van der Waals surface area contributed by atoms with Crippen molar-refractivity contribution < 1.29 is 14.6 Å².